The molecule has 4 nitrogen and oxygen atoms in total. The summed E-state index contributed by atoms with van der Waals surface area (Å²) in [6, 6.07) is 1.33. The molecule has 1 amide bonds. The Labute approximate surface area is 93.9 Å². The minimum atomic E-state index is -0.318. The van der Waals surface area contributed by atoms with Gasteiger partial charge in [0.1, 0.15) is 5.56 Å². The first-order valence-corrected chi connectivity index (χ1v) is 4.89. The maximum Gasteiger partial charge on any atom is 0.259 e. The minimum Gasteiger partial charge on any atom is -0.367 e. The number of hydrogen-bond acceptors (Lipinski definition) is 2. The van der Waals surface area contributed by atoms with Gasteiger partial charge in [0.05, 0.1) is 0 Å². The predicted molar refractivity (Wildman–Crippen MR) is 63.4 cm³/mol. The number of carbonyl (C=O) groups excluding carboxylic acids is 1. The molecule has 0 aliphatic rings. The number of aromatic nitrogens is 1. The molecule has 0 aromatic carbocycles. The molecule has 1 heterocycles. The van der Waals surface area contributed by atoms with Crippen molar-refractivity contribution in [3.05, 3.63) is 59.6 Å². The van der Waals surface area contributed by atoms with Gasteiger partial charge in [-0.05, 0) is 0 Å². The third-order valence-electron chi connectivity index (χ3n) is 2.04. The van der Waals surface area contributed by atoms with Crippen LogP contribution < -0.4 is 5.43 Å². The number of nitrogens with zero attached hydrogens (tertiary/aromatic N) is 1. The zero-order valence-electron chi connectivity index (χ0n) is 8.98. The number of rotatable bonds is 5. The molecule has 0 bridgehead atoms. The van der Waals surface area contributed by atoms with Crippen LogP contribution in [0.1, 0.15) is 10.4 Å². The van der Waals surface area contributed by atoms with Crippen molar-refractivity contribution in [2.75, 3.05) is 13.1 Å². The zero-order chi connectivity index (χ0) is 12.0. The van der Waals surface area contributed by atoms with Crippen LogP contribution in [0.25, 0.3) is 0 Å². The number of hydrogen-bond donors (Lipinski definition) is 1. The summed E-state index contributed by atoms with van der Waals surface area (Å²) in [7, 11) is 0. The summed E-state index contributed by atoms with van der Waals surface area (Å²) in [5.41, 5.74) is -0.159. The molecule has 1 aromatic rings. The van der Waals surface area contributed by atoms with Crippen LogP contribution in [0.4, 0.5) is 0 Å². The van der Waals surface area contributed by atoms with Gasteiger partial charge in [0, 0.05) is 31.5 Å². The van der Waals surface area contributed by atoms with E-state index in [1.54, 1.807) is 12.2 Å². The van der Waals surface area contributed by atoms with Crippen molar-refractivity contribution in [3.63, 3.8) is 0 Å². The van der Waals surface area contributed by atoms with Crippen LogP contribution in [0.5, 0.6) is 0 Å². The first kappa shape index (κ1) is 12.0. The lowest BCUT2D eigenvalue weighted by atomic mass is 10.2. The van der Waals surface area contributed by atoms with E-state index in [2.05, 4.69) is 18.1 Å². The highest BCUT2D eigenvalue weighted by Crippen LogP contribution is 1.99. The Kier molecular flexibility index (Phi) is 4.27. The number of carbonyl (C=O) groups is 1. The van der Waals surface area contributed by atoms with Crippen molar-refractivity contribution in [2.24, 2.45) is 0 Å². The first-order chi connectivity index (χ1) is 7.70. The molecule has 0 spiro atoms. The minimum absolute atomic E-state index is 0.131. The van der Waals surface area contributed by atoms with Gasteiger partial charge in [0.25, 0.3) is 5.91 Å². The smallest absolute Gasteiger partial charge is 0.259 e. The number of aromatic amines is 1. The molecular weight excluding hydrogens is 204 g/mol. The van der Waals surface area contributed by atoms with E-state index in [-0.39, 0.29) is 16.9 Å². The lowest BCUT2D eigenvalue weighted by Crippen LogP contribution is -2.34. The monoisotopic (exact) mass is 218 g/mol. The van der Waals surface area contributed by atoms with Crippen molar-refractivity contribution >= 4 is 5.91 Å². The number of amides is 1. The van der Waals surface area contributed by atoms with Gasteiger partial charge >= 0.3 is 0 Å². The average Bonchev–Trinajstić information content (AvgIpc) is 2.28. The topological polar surface area (TPSA) is 53.2 Å². The third kappa shape index (κ3) is 2.70. The molecule has 0 atom stereocenters. The van der Waals surface area contributed by atoms with Crippen LogP contribution in [0.2, 0.25) is 0 Å². The van der Waals surface area contributed by atoms with Gasteiger partial charge in [-0.3, -0.25) is 9.59 Å². The maximum atomic E-state index is 12.0. The quantitative estimate of drug-likeness (QED) is 0.755. The fourth-order valence-corrected chi connectivity index (χ4v) is 1.31. The van der Waals surface area contributed by atoms with Crippen molar-refractivity contribution in [3.8, 4) is 0 Å². The van der Waals surface area contributed by atoms with Gasteiger partial charge in [-0.15, -0.1) is 13.2 Å². The summed E-state index contributed by atoms with van der Waals surface area (Å²) in [5, 5.41) is 0. The van der Waals surface area contributed by atoms with Crippen LogP contribution in [0.15, 0.2) is 48.6 Å². The van der Waals surface area contributed by atoms with Gasteiger partial charge < -0.3 is 9.88 Å². The summed E-state index contributed by atoms with van der Waals surface area (Å²) >= 11 is 0. The molecule has 1 N–H and O–H groups in total. The third-order valence-corrected chi connectivity index (χ3v) is 2.04. The van der Waals surface area contributed by atoms with Crippen LogP contribution >= 0.6 is 0 Å². The van der Waals surface area contributed by atoms with Crippen molar-refractivity contribution in [2.45, 2.75) is 0 Å². The molecule has 1 aromatic heterocycles. The standard InChI is InChI=1S/C12H14N2O2/c1-3-7-14(8-4-2)12(16)10-9-13-6-5-11(10)15/h3-6,9H,1-2,7-8H2,(H,13,15). The Hall–Kier alpha value is -2.10. The maximum absolute atomic E-state index is 12.0. The number of H-pyrrole nitrogens is 1. The summed E-state index contributed by atoms with van der Waals surface area (Å²) in [6.45, 7) is 7.91. The van der Waals surface area contributed by atoms with Crippen LogP contribution in [0.3, 0.4) is 0 Å². The first-order valence-electron chi connectivity index (χ1n) is 4.89. The van der Waals surface area contributed by atoms with Crippen molar-refractivity contribution < 1.29 is 4.79 Å². The Morgan fingerprint density at radius 3 is 2.50 bits per heavy atom. The summed E-state index contributed by atoms with van der Waals surface area (Å²) in [5.74, 6) is -0.318. The Bertz CT molecular complexity index is 438. The molecule has 0 radical (unpaired) electrons. The van der Waals surface area contributed by atoms with Crippen molar-refractivity contribution in [1.29, 1.82) is 0 Å². The van der Waals surface area contributed by atoms with E-state index in [9.17, 15) is 9.59 Å². The lowest BCUT2D eigenvalue weighted by Gasteiger charge is -2.18. The van der Waals surface area contributed by atoms with Crippen LogP contribution in [0, 0.1) is 0 Å². The van der Waals surface area contributed by atoms with Gasteiger partial charge in [-0.1, -0.05) is 12.2 Å². The van der Waals surface area contributed by atoms with Crippen LogP contribution in [-0.2, 0) is 0 Å². The highest BCUT2D eigenvalue weighted by molar-refractivity contribution is 5.93. The molecule has 0 saturated heterocycles. The predicted octanol–water partition coefficient (Wildman–Crippen LogP) is 1.19. The van der Waals surface area contributed by atoms with Crippen molar-refractivity contribution in [1.82, 2.24) is 9.88 Å². The highest BCUT2D eigenvalue weighted by atomic mass is 16.2. The molecule has 1 rings (SSSR count). The highest BCUT2D eigenvalue weighted by Gasteiger charge is 2.15. The SMILES string of the molecule is C=CCN(CC=C)C(=O)c1c[nH]ccc1=O. The van der Waals surface area contributed by atoms with E-state index < -0.39 is 0 Å². The van der Waals surface area contributed by atoms with E-state index in [0.717, 1.165) is 0 Å². The van der Waals surface area contributed by atoms with Gasteiger partial charge in [0.2, 0.25) is 0 Å². The fourth-order valence-electron chi connectivity index (χ4n) is 1.31. The molecular formula is C12H14N2O2. The molecule has 16 heavy (non-hydrogen) atoms. The second kappa shape index (κ2) is 5.70. The number of nitrogens with one attached hydrogen (secondary N) is 1. The summed E-state index contributed by atoms with van der Waals surface area (Å²) < 4.78 is 0. The fraction of sp³-hybridized carbons (Fsp3) is 0.167. The second-order valence-corrected chi connectivity index (χ2v) is 3.21. The Balaban J connectivity index is 2.98. The van der Waals surface area contributed by atoms with E-state index >= 15 is 0 Å². The van der Waals surface area contributed by atoms with E-state index in [0.29, 0.717) is 13.1 Å². The van der Waals surface area contributed by atoms with E-state index in [1.807, 2.05) is 0 Å². The molecule has 0 fully saturated rings. The van der Waals surface area contributed by atoms with E-state index in [1.165, 1.54) is 23.4 Å². The molecule has 0 unspecified atom stereocenters. The second-order valence-electron chi connectivity index (χ2n) is 3.21. The molecule has 0 aliphatic heterocycles. The van der Waals surface area contributed by atoms with Crippen LogP contribution in [-0.4, -0.2) is 28.9 Å². The average molecular weight is 218 g/mol. The largest absolute Gasteiger partial charge is 0.367 e. The summed E-state index contributed by atoms with van der Waals surface area (Å²) in [6.07, 6.45) is 6.12. The van der Waals surface area contributed by atoms with Gasteiger partial charge in [-0.2, -0.15) is 0 Å². The summed E-state index contributed by atoms with van der Waals surface area (Å²) in [4.78, 5) is 27.6. The Morgan fingerprint density at radius 1 is 1.38 bits per heavy atom. The van der Waals surface area contributed by atoms with E-state index in [4.69, 9.17) is 0 Å². The Morgan fingerprint density at radius 2 is 2.00 bits per heavy atom. The molecule has 84 valence electrons. The number of pyridine rings is 1. The molecule has 4 heteroatoms. The lowest BCUT2D eigenvalue weighted by molar-refractivity contribution is 0.0789. The zero-order valence-corrected chi connectivity index (χ0v) is 8.98. The van der Waals surface area contributed by atoms with Gasteiger partial charge in [0.15, 0.2) is 5.43 Å². The van der Waals surface area contributed by atoms with Gasteiger partial charge in [-0.25, -0.2) is 0 Å². The molecule has 0 saturated carbocycles. The molecule has 0 aliphatic carbocycles. The normalized spacial score (nSPS) is 9.50.